The molecule has 1 fully saturated rings. The number of H-pyrrole nitrogens is 1. The number of rotatable bonds is 6. The highest BCUT2D eigenvalue weighted by atomic mass is 16.6. The van der Waals surface area contributed by atoms with Crippen LogP contribution in [-0.2, 0) is 0 Å². The van der Waals surface area contributed by atoms with Gasteiger partial charge in [-0.3, -0.25) is 24.5 Å². The van der Waals surface area contributed by atoms with Crippen LogP contribution in [0.15, 0.2) is 53.3 Å². The van der Waals surface area contributed by atoms with Gasteiger partial charge in [0.1, 0.15) is 5.69 Å². The molecule has 0 bridgehead atoms. The molecule has 1 saturated carbocycles. The summed E-state index contributed by atoms with van der Waals surface area (Å²) in [7, 11) is 1.46. The molecule has 1 heterocycles. The number of carbonyl (C=O) groups excluding carboxylic acids is 2. The molecule has 10 heteroatoms. The molecule has 0 radical (unpaired) electrons. The molecule has 10 nitrogen and oxygen atoms in total. The molecule has 1 aromatic heterocycles. The Morgan fingerprint density at radius 1 is 1.00 bits per heavy atom. The molecule has 4 rings (SSSR count). The fraction of sp³-hybridized carbons (Fsp3) is 0.292. The van der Waals surface area contributed by atoms with Crippen LogP contribution < -0.4 is 21.5 Å². The van der Waals surface area contributed by atoms with Crippen LogP contribution in [0.4, 0.5) is 11.4 Å². The summed E-state index contributed by atoms with van der Waals surface area (Å²) in [5.74, 6) is -0.840. The second kappa shape index (κ2) is 9.74. The lowest BCUT2D eigenvalue weighted by molar-refractivity contribution is -0.384. The molecule has 2 atom stereocenters. The Morgan fingerprint density at radius 3 is 2.47 bits per heavy atom. The van der Waals surface area contributed by atoms with E-state index in [2.05, 4.69) is 20.9 Å². The molecule has 3 aromatic rings. The number of carbonyl (C=O) groups is 2. The van der Waals surface area contributed by atoms with Gasteiger partial charge in [-0.25, -0.2) is 0 Å². The van der Waals surface area contributed by atoms with Crippen LogP contribution in [0.3, 0.4) is 0 Å². The first-order chi connectivity index (χ1) is 16.4. The quantitative estimate of drug-likeness (QED) is 0.327. The Kier molecular flexibility index (Phi) is 6.58. The number of nitrogens with zero attached hydrogens (tertiary/aromatic N) is 1. The predicted molar refractivity (Wildman–Crippen MR) is 128 cm³/mol. The van der Waals surface area contributed by atoms with E-state index in [1.807, 2.05) is 0 Å². The van der Waals surface area contributed by atoms with E-state index in [1.165, 1.54) is 31.3 Å². The highest BCUT2D eigenvalue weighted by Gasteiger charge is 2.31. The van der Waals surface area contributed by atoms with Crippen LogP contribution in [0.1, 0.15) is 46.4 Å². The van der Waals surface area contributed by atoms with E-state index in [0.29, 0.717) is 23.7 Å². The highest BCUT2D eigenvalue weighted by Crippen LogP contribution is 2.32. The van der Waals surface area contributed by atoms with Gasteiger partial charge in [0.05, 0.1) is 16.1 Å². The number of nitro groups is 1. The van der Waals surface area contributed by atoms with Crippen molar-refractivity contribution in [3.63, 3.8) is 0 Å². The second-order valence-electron chi connectivity index (χ2n) is 8.24. The molecule has 0 unspecified atom stereocenters. The summed E-state index contributed by atoms with van der Waals surface area (Å²) in [6.07, 6.45) is 3.05. The molecule has 0 spiro atoms. The van der Waals surface area contributed by atoms with Gasteiger partial charge in [0.15, 0.2) is 0 Å². The average molecular weight is 463 g/mol. The lowest BCUT2D eigenvalue weighted by Crippen LogP contribution is -2.49. The summed E-state index contributed by atoms with van der Waals surface area (Å²) < 4.78 is 0. The van der Waals surface area contributed by atoms with Crippen molar-refractivity contribution in [1.82, 2.24) is 15.6 Å². The van der Waals surface area contributed by atoms with Crippen molar-refractivity contribution < 1.29 is 14.5 Å². The molecule has 0 aliphatic heterocycles. The number of para-hydroxylation sites is 2. The minimum atomic E-state index is -0.534. The first-order valence-corrected chi connectivity index (χ1v) is 11.1. The maximum atomic E-state index is 13.2. The Labute approximate surface area is 194 Å². The van der Waals surface area contributed by atoms with Crippen LogP contribution in [-0.4, -0.2) is 40.9 Å². The van der Waals surface area contributed by atoms with Crippen molar-refractivity contribution >= 4 is 34.1 Å². The van der Waals surface area contributed by atoms with E-state index in [9.17, 15) is 24.5 Å². The van der Waals surface area contributed by atoms with Crippen LogP contribution in [0.25, 0.3) is 10.9 Å². The van der Waals surface area contributed by atoms with Crippen molar-refractivity contribution in [3.8, 4) is 0 Å². The molecule has 34 heavy (non-hydrogen) atoms. The van der Waals surface area contributed by atoms with Crippen molar-refractivity contribution in [2.45, 2.75) is 37.8 Å². The Bertz CT molecular complexity index is 1320. The number of benzene rings is 2. The zero-order chi connectivity index (χ0) is 24.2. The smallest absolute Gasteiger partial charge is 0.293 e. The van der Waals surface area contributed by atoms with Gasteiger partial charge in [0.25, 0.3) is 17.5 Å². The highest BCUT2D eigenvalue weighted by molar-refractivity contribution is 6.06. The molecule has 0 saturated heterocycles. The molecule has 4 N–H and O–H groups in total. The Morgan fingerprint density at radius 2 is 1.74 bits per heavy atom. The maximum absolute atomic E-state index is 13.2. The lowest BCUT2D eigenvalue weighted by atomic mass is 9.89. The van der Waals surface area contributed by atoms with Crippen LogP contribution >= 0.6 is 0 Å². The summed E-state index contributed by atoms with van der Waals surface area (Å²) >= 11 is 0. The van der Waals surface area contributed by atoms with Gasteiger partial charge in [0, 0.05) is 42.2 Å². The number of anilines is 1. The number of hydrogen-bond acceptors (Lipinski definition) is 6. The second-order valence-corrected chi connectivity index (χ2v) is 8.24. The van der Waals surface area contributed by atoms with E-state index in [4.69, 9.17) is 0 Å². The first-order valence-electron chi connectivity index (χ1n) is 11.1. The van der Waals surface area contributed by atoms with E-state index in [0.717, 1.165) is 12.8 Å². The number of fused-ring (bicyclic) bond motifs is 1. The molecular weight excluding hydrogens is 438 g/mol. The number of nitrogens with one attached hydrogen (secondary N) is 4. The molecule has 176 valence electrons. The number of amides is 2. The van der Waals surface area contributed by atoms with Gasteiger partial charge in [-0.1, -0.05) is 37.1 Å². The van der Waals surface area contributed by atoms with Crippen molar-refractivity contribution in [1.29, 1.82) is 0 Å². The topological polar surface area (TPSA) is 146 Å². The lowest BCUT2D eigenvalue weighted by Gasteiger charge is -2.34. The Balaban J connectivity index is 1.64. The summed E-state index contributed by atoms with van der Waals surface area (Å²) in [6.45, 7) is 0. The number of nitro benzene ring substituents is 1. The number of pyridine rings is 1. The van der Waals surface area contributed by atoms with E-state index >= 15 is 0 Å². The maximum Gasteiger partial charge on any atom is 0.293 e. The average Bonchev–Trinajstić information content (AvgIpc) is 2.84. The third-order valence-electron chi connectivity index (χ3n) is 6.12. The zero-order valence-corrected chi connectivity index (χ0v) is 18.6. The third-order valence-corrected chi connectivity index (χ3v) is 6.12. The summed E-state index contributed by atoms with van der Waals surface area (Å²) in [5, 5.41) is 21.0. The van der Waals surface area contributed by atoms with Gasteiger partial charge in [-0.05, 0) is 25.0 Å². The minimum absolute atomic E-state index is 0.125. The fourth-order valence-electron chi connectivity index (χ4n) is 4.47. The van der Waals surface area contributed by atoms with Gasteiger partial charge >= 0.3 is 0 Å². The summed E-state index contributed by atoms with van der Waals surface area (Å²) in [5.41, 5.74) is 0.524. The van der Waals surface area contributed by atoms with Crippen molar-refractivity contribution in [3.05, 3.63) is 80.1 Å². The number of hydrogen-bond donors (Lipinski definition) is 4. The molecule has 2 amide bonds. The molecule has 1 aliphatic rings. The summed E-state index contributed by atoms with van der Waals surface area (Å²) in [4.78, 5) is 51.5. The molecular formula is C24H25N5O5. The van der Waals surface area contributed by atoms with E-state index in [1.54, 1.807) is 24.3 Å². The van der Waals surface area contributed by atoms with Gasteiger partial charge in [-0.15, -0.1) is 0 Å². The number of aromatic nitrogens is 1. The minimum Gasteiger partial charge on any atom is -0.374 e. The third kappa shape index (κ3) is 4.61. The standard InChI is InChI=1S/C24H25N5O5/c1-25-23(31)15-8-6-12-20(29(33)34)22(15)27-18-10-4-5-11-19(18)28-24(32)16-13-21(30)26-17-9-3-2-7-14(16)17/h2-3,6-9,12-13,18-19,27H,4-5,10-11H2,1H3,(H,25,31)(H,26,30)(H,28,32)/t18-,19+/m1/s1. The Hall–Kier alpha value is -4.21. The normalized spacial score (nSPS) is 17.7. The largest absolute Gasteiger partial charge is 0.374 e. The molecule has 1 aliphatic carbocycles. The van der Waals surface area contributed by atoms with Crippen LogP contribution in [0, 0.1) is 10.1 Å². The monoisotopic (exact) mass is 463 g/mol. The summed E-state index contributed by atoms with van der Waals surface area (Å²) in [6, 6.07) is 12.0. The SMILES string of the molecule is CNC(=O)c1cccc([N+](=O)[O-])c1N[C@@H]1CCCC[C@@H]1NC(=O)c1cc(=O)[nH]c2ccccc12. The van der Waals surface area contributed by atoms with Gasteiger partial charge in [-0.2, -0.15) is 0 Å². The zero-order valence-electron chi connectivity index (χ0n) is 18.6. The predicted octanol–water partition coefficient (Wildman–Crippen LogP) is 2.95. The van der Waals surface area contributed by atoms with Crippen molar-refractivity contribution in [2.75, 3.05) is 12.4 Å². The first kappa shape index (κ1) is 23.0. The van der Waals surface area contributed by atoms with Crippen LogP contribution in [0.2, 0.25) is 0 Å². The van der Waals surface area contributed by atoms with Gasteiger partial charge in [0.2, 0.25) is 5.56 Å². The van der Waals surface area contributed by atoms with Gasteiger partial charge < -0.3 is 20.9 Å². The molecule has 2 aromatic carbocycles. The fourth-order valence-corrected chi connectivity index (χ4v) is 4.47. The van der Waals surface area contributed by atoms with Crippen molar-refractivity contribution in [2.24, 2.45) is 0 Å². The van der Waals surface area contributed by atoms with E-state index in [-0.39, 0.29) is 40.1 Å². The number of aromatic amines is 1. The van der Waals surface area contributed by atoms with E-state index < -0.39 is 16.7 Å². The van der Waals surface area contributed by atoms with Crippen LogP contribution in [0.5, 0.6) is 0 Å².